The number of sulfone groups is 1. The maximum Gasteiger partial charge on any atom is 0.154 e. The number of hydrogen-bond donors (Lipinski definition) is 1. The summed E-state index contributed by atoms with van der Waals surface area (Å²) in [6, 6.07) is 4.11. The van der Waals surface area contributed by atoms with Crippen LogP contribution in [0.25, 0.3) is 0 Å². The average molecular weight is 441 g/mol. The number of nitrogens with two attached hydrogens (primary N) is 1. The molecule has 1 fully saturated rings. The standard InChI is InChI=1S/C14H19Br2NO3S/c1-2-10(17)5-9-6-12(15)14(13(16)7-9)20-11-3-4-21(18,19)8-11/h6-7,10-11H,2-5,8,17H2,1H3. The van der Waals surface area contributed by atoms with E-state index in [-0.39, 0.29) is 23.7 Å². The van der Waals surface area contributed by atoms with E-state index in [1.807, 2.05) is 12.1 Å². The fraction of sp³-hybridized carbons (Fsp3) is 0.571. The predicted molar refractivity (Wildman–Crippen MR) is 91.5 cm³/mol. The van der Waals surface area contributed by atoms with E-state index >= 15 is 0 Å². The van der Waals surface area contributed by atoms with E-state index in [0.29, 0.717) is 12.2 Å². The summed E-state index contributed by atoms with van der Waals surface area (Å²) < 4.78 is 30.5. The first kappa shape index (κ1) is 17.2. The van der Waals surface area contributed by atoms with Crippen molar-refractivity contribution in [2.75, 3.05) is 11.5 Å². The van der Waals surface area contributed by atoms with Crippen LogP contribution in [0.1, 0.15) is 25.3 Å². The van der Waals surface area contributed by atoms with Crippen molar-refractivity contribution in [1.82, 2.24) is 0 Å². The SMILES string of the molecule is CCC(N)Cc1cc(Br)c(OC2CCS(=O)(=O)C2)c(Br)c1. The van der Waals surface area contributed by atoms with E-state index in [4.69, 9.17) is 10.5 Å². The van der Waals surface area contributed by atoms with Crippen molar-refractivity contribution in [3.05, 3.63) is 26.6 Å². The van der Waals surface area contributed by atoms with Gasteiger partial charge in [-0.15, -0.1) is 0 Å². The minimum absolute atomic E-state index is 0.0916. The molecule has 0 bridgehead atoms. The molecule has 1 aromatic carbocycles. The van der Waals surface area contributed by atoms with E-state index in [0.717, 1.165) is 27.4 Å². The molecule has 0 aliphatic carbocycles. The second kappa shape index (κ2) is 6.98. The lowest BCUT2D eigenvalue weighted by atomic mass is 10.0. The predicted octanol–water partition coefficient (Wildman–Crippen LogP) is 3.06. The Morgan fingerprint density at radius 3 is 2.48 bits per heavy atom. The van der Waals surface area contributed by atoms with Gasteiger partial charge in [-0.3, -0.25) is 0 Å². The normalized spacial score (nSPS) is 22.2. The van der Waals surface area contributed by atoms with Gasteiger partial charge in [0, 0.05) is 6.04 Å². The van der Waals surface area contributed by atoms with Gasteiger partial charge in [0.1, 0.15) is 11.9 Å². The third kappa shape index (κ3) is 4.68. The molecule has 0 spiro atoms. The highest BCUT2D eigenvalue weighted by molar-refractivity contribution is 9.11. The zero-order valence-electron chi connectivity index (χ0n) is 11.8. The van der Waals surface area contributed by atoms with Gasteiger partial charge in [0.2, 0.25) is 0 Å². The van der Waals surface area contributed by atoms with Crippen molar-refractivity contribution in [2.45, 2.75) is 38.3 Å². The zero-order valence-corrected chi connectivity index (χ0v) is 15.8. The summed E-state index contributed by atoms with van der Waals surface area (Å²) in [5.41, 5.74) is 7.10. The van der Waals surface area contributed by atoms with Gasteiger partial charge in [0.25, 0.3) is 0 Å². The highest BCUT2D eigenvalue weighted by Crippen LogP contribution is 2.37. The third-order valence-electron chi connectivity index (χ3n) is 3.56. The second-order valence-electron chi connectivity index (χ2n) is 5.40. The summed E-state index contributed by atoms with van der Waals surface area (Å²) in [7, 11) is -2.94. The van der Waals surface area contributed by atoms with Gasteiger partial charge in [-0.25, -0.2) is 8.42 Å². The number of rotatable bonds is 5. The highest BCUT2D eigenvalue weighted by Gasteiger charge is 2.30. The summed E-state index contributed by atoms with van der Waals surface area (Å²) in [5, 5.41) is 0. The molecule has 0 amide bonds. The van der Waals surface area contributed by atoms with Crippen LogP contribution in [0.15, 0.2) is 21.1 Å². The topological polar surface area (TPSA) is 69.4 Å². The van der Waals surface area contributed by atoms with Crippen LogP contribution >= 0.6 is 31.9 Å². The lowest BCUT2D eigenvalue weighted by Gasteiger charge is -2.17. The van der Waals surface area contributed by atoms with Crippen molar-refractivity contribution < 1.29 is 13.2 Å². The molecule has 0 aromatic heterocycles. The minimum atomic E-state index is -2.94. The molecule has 118 valence electrons. The van der Waals surface area contributed by atoms with Gasteiger partial charge in [0.15, 0.2) is 9.84 Å². The van der Waals surface area contributed by atoms with Crippen molar-refractivity contribution >= 4 is 41.7 Å². The molecule has 7 heteroatoms. The van der Waals surface area contributed by atoms with Gasteiger partial charge in [0.05, 0.1) is 20.5 Å². The smallest absolute Gasteiger partial charge is 0.154 e. The molecule has 21 heavy (non-hydrogen) atoms. The van der Waals surface area contributed by atoms with E-state index in [1.165, 1.54) is 0 Å². The van der Waals surface area contributed by atoms with Crippen molar-refractivity contribution in [3.63, 3.8) is 0 Å². The zero-order chi connectivity index (χ0) is 15.6. The van der Waals surface area contributed by atoms with Crippen LogP contribution < -0.4 is 10.5 Å². The molecule has 2 rings (SSSR count). The monoisotopic (exact) mass is 439 g/mol. The minimum Gasteiger partial charge on any atom is -0.487 e. The van der Waals surface area contributed by atoms with Crippen LogP contribution in [0.3, 0.4) is 0 Å². The van der Waals surface area contributed by atoms with E-state index in [2.05, 4.69) is 38.8 Å². The fourth-order valence-corrected chi connectivity index (χ4v) is 5.37. The van der Waals surface area contributed by atoms with Crippen LogP contribution in [-0.2, 0) is 16.3 Å². The number of hydrogen-bond acceptors (Lipinski definition) is 4. The lowest BCUT2D eigenvalue weighted by Crippen LogP contribution is -2.21. The molecule has 1 aliphatic heterocycles. The summed E-state index contributed by atoms with van der Waals surface area (Å²) >= 11 is 7.00. The Kier molecular flexibility index (Phi) is 5.73. The first-order valence-corrected chi connectivity index (χ1v) is 10.3. The van der Waals surface area contributed by atoms with Crippen molar-refractivity contribution in [1.29, 1.82) is 0 Å². The lowest BCUT2D eigenvalue weighted by molar-refractivity contribution is 0.226. The summed E-state index contributed by atoms with van der Waals surface area (Å²) in [6.07, 6.45) is 1.99. The molecule has 2 N–H and O–H groups in total. The van der Waals surface area contributed by atoms with Gasteiger partial charge in [-0.05, 0) is 68.8 Å². The summed E-state index contributed by atoms with van der Waals surface area (Å²) in [5.74, 6) is 0.955. The number of ether oxygens (including phenoxy) is 1. The number of benzene rings is 1. The molecule has 0 radical (unpaired) electrons. The molecule has 0 saturated carbocycles. The molecule has 2 atom stereocenters. The molecule has 1 heterocycles. The molecule has 1 aromatic rings. The second-order valence-corrected chi connectivity index (χ2v) is 9.34. The van der Waals surface area contributed by atoms with Gasteiger partial charge in [-0.2, -0.15) is 0 Å². The molecule has 1 saturated heterocycles. The maximum atomic E-state index is 11.5. The Bertz CT molecular complexity index is 596. The summed E-state index contributed by atoms with van der Waals surface area (Å²) in [6.45, 7) is 2.06. The Morgan fingerprint density at radius 2 is 2.00 bits per heavy atom. The molecule has 2 unspecified atom stereocenters. The van der Waals surface area contributed by atoms with Crippen LogP contribution in [0.4, 0.5) is 0 Å². The third-order valence-corrected chi connectivity index (χ3v) is 6.47. The first-order valence-electron chi connectivity index (χ1n) is 6.91. The van der Waals surface area contributed by atoms with Gasteiger partial charge < -0.3 is 10.5 Å². The van der Waals surface area contributed by atoms with Crippen LogP contribution in [-0.4, -0.2) is 32.1 Å². The maximum absolute atomic E-state index is 11.5. The van der Waals surface area contributed by atoms with E-state index < -0.39 is 9.84 Å². The Labute approximate surface area is 142 Å². The van der Waals surface area contributed by atoms with Gasteiger partial charge >= 0.3 is 0 Å². The van der Waals surface area contributed by atoms with Crippen LogP contribution in [0.5, 0.6) is 5.75 Å². The molecular weight excluding hydrogens is 422 g/mol. The Balaban J connectivity index is 2.14. The Hall–Kier alpha value is -0.110. The van der Waals surface area contributed by atoms with Crippen LogP contribution in [0, 0.1) is 0 Å². The van der Waals surface area contributed by atoms with E-state index in [1.54, 1.807) is 0 Å². The van der Waals surface area contributed by atoms with Crippen LogP contribution in [0.2, 0.25) is 0 Å². The van der Waals surface area contributed by atoms with Crippen molar-refractivity contribution in [3.8, 4) is 5.75 Å². The quantitative estimate of drug-likeness (QED) is 0.763. The fourth-order valence-electron chi connectivity index (χ4n) is 2.31. The molecule has 1 aliphatic rings. The van der Waals surface area contributed by atoms with E-state index in [9.17, 15) is 8.42 Å². The number of halogens is 2. The Morgan fingerprint density at radius 1 is 1.38 bits per heavy atom. The highest BCUT2D eigenvalue weighted by atomic mass is 79.9. The van der Waals surface area contributed by atoms with Gasteiger partial charge in [-0.1, -0.05) is 6.92 Å². The molecule has 4 nitrogen and oxygen atoms in total. The average Bonchev–Trinajstić information content (AvgIpc) is 2.73. The summed E-state index contributed by atoms with van der Waals surface area (Å²) in [4.78, 5) is 0. The first-order chi connectivity index (χ1) is 9.80. The van der Waals surface area contributed by atoms with Crippen molar-refractivity contribution in [2.24, 2.45) is 5.73 Å². The molecular formula is C14H19Br2NO3S. The largest absolute Gasteiger partial charge is 0.487 e.